The molecule has 0 spiro atoms. The van der Waals surface area contributed by atoms with E-state index in [2.05, 4.69) is 29.0 Å². The van der Waals surface area contributed by atoms with Crippen molar-refractivity contribution in [2.24, 2.45) is 57.3 Å². The van der Waals surface area contributed by atoms with Crippen LogP contribution in [-0.2, 0) is 81.4 Å². The summed E-state index contributed by atoms with van der Waals surface area (Å²) < 4.78 is 29.6. The molecular formula is C53H110N16O29. The first kappa shape index (κ1) is 98.8. The highest BCUT2D eigenvalue weighted by atomic mass is 17.0. The normalized spacial score (nSPS) is 12.1. The van der Waals surface area contributed by atoms with E-state index in [0.29, 0.717) is 104 Å². The maximum atomic E-state index is 11.6. The molecule has 45 heteroatoms. The van der Waals surface area contributed by atoms with E-state index in [1.807, 2.05) is 0 Å². The average Bonchev–Trinajstić information content (AvgIpc) is 1.53. The van der Waals surface area contributed by atoms with Crippen LogP contribution in [0.4, 0.5) is 0 Å². The highest BCUT2D eigenvalue weighted by molar-refractivity contribution is 5.77. The lowest BCUT2D eigenvalue weighted by atomic mass is 10.1. The lowest BCUT2D eigenvalue weighted by molar-refractivity contribution is -0.790. The van der Waals surface area contributed by atoms with Gasteiger partial charge in [-0.05, 0) is 148 Å². The van der Waals surface area contributed by atoms with Crippen molar-refractivity contribution in [3.63, 3.8) is 0 Å². The predicted molar refractivity (Wildman–Crippen MR) is 343 cm³/mol. The molecule has 0 aromatic rings. The molecule has 20 N–H and O–H groups in total. The Morgan fingerprint density at radius 2 is 0.510 bits per heavy atom. The largest absolute Gasteiger partial charge is 0.465 e. The number of nitrogens with two attached hydrogens (primary N) is 10. The minimum absolute atomic E-state index is 0.00705. The third-order valence-electron chi connectivity index (χ3n) is 12.2. The van der Waals surface area contributed by atoms with Gasteiger partial charge in [-0.15, -0.1) is 60.7 Å². The SMILES string of the molecule is NCCCCC(N)C(=O)OCCCCC(CO[N+](=O)[O-])O[N+](=O)[O-].NCCCCC(N)C(=O)OCCCCCCO[N+](=O)[O-].NCCCCC(N)C(=O)OCCCCO[N+](=O)[O-].NCCCCC(N)C(=O)OCCCO[N+](=O)[O-].NCCCCC(N)C(=O)OCCOCCO[N+](=O)[O-]. The maximum absolute atomic E-state index is 11.6. The minimum atomic E-state index is -1.06. The van der Waals surface area contributed by atoms with Crippen LogP contribution in [0.15, 0.2) is 0 Å². The number of ether oxygens (including phenoxy) is 6. The minimum Gasteiger partial charge on any atom is -0.465 e. The molecule has 45 nitrogen and oxygen atoms in total. The third kappa shape index (κ3) is 78.8. The molecule has 6 atom stereocenters. The van der Waals surface area contributed by atoms with E-state index in [0.717, 1.165) is 83.5 Å². The molecule has 0 amide bonds. The Morgan fingerprint density at radius 3 is 0.827 bits per heavy atom. The van der Waals surface area contributed by atoms with Crippen molar-refractivity contribution in [2.75, 3.05) is 112 Å². The highest BCUT2D eigenvalue weighted by Gasteiger charge is 2.20. The highest BCUT2D eigenvalue weighted by Crippen LogP contribution is 2.10. The number of rotatable bonds is 61. The molecular weight excluding hydrogens is 1320 g/mol. The van der Waals surface area contributed by atoms with Crippen LogP contribution < -0.4 is 57.3 Å². The van der Waals surface area contributed by atoms with Gasteiger partial charge in [0.15, 0.2) is 0 Å². The summed E-state index contributed by atoms with van der Waals surface area (Å²) in [7, 11) is 0. The summed E-state index contributed by atoms with van der Waals surface area (Å²) in [5.41, 5.74) is 54.7. The van der Waals surface area contributed by atoms with Crippen molar-refractivity contribution in [1.29, 1.82) is 0 Å². The molecule has 0 bridgehead atoms. The molecule has 0 saturated carbocycles. The van der Waals surface area contributed by atoms with Crippen molar-refractivity contribution >= 4 is 29.8 Å². The van der Waals surface area contributed by atoms with Gasteiger partial charge in [-0.1, -0.05) is 38.5 Å². The van der Waals surface area contributed by atoms with Crippen molar-refractivity contribution in [1.82, 2.24) is 0 Å². The molecule has 576 valence electrons. The summed E-state index contributed by atoms with van der Waals surface area (Å²) in [5.74, 6) is -2.31. The van der Waals surface area contributed by atoms with E-state index in [4.69, 9.17) is 85.8 Å². The number of unbranched alkanes of at least 4 members (excludes halogenated alkanes) is 10. The van der Waals surface area contributed by atoms with Crippen molar-refractivity contribution in [3.05, 3.63) is 60.7 Å². The molecule has 0 aliphatic carbocycles. The molecule has 0 fully saturated rings. The quantitative estimate of drug-likeness (QED) is 0.0120. The molecule has 0 saturated heterocycles. The molecule has 0 aliphatic heterocycles. The number of hydrogen-bond donors (Lipinski definition) is 10. The smallest absolute Gasteiger partial charge is 0.322 e. The standard InChI is InChI=1S/C12H24N4O8.C12H25N3O5.C10H21N3O6.C10H21N3O5.C9H19N3O5/c13-7-3-1-6-11(14)12(17)22-8-4-2-5-10(24-16(20)21)9-23-15(18)19;13-8-4-3-7-11(14)12(16)19-9-5-1-2-6-10-20-15(17)18;11-4-2-1-3-9(12)10(14)18-7-5-17-6-8-19-13(15)16;11-6-2-1-5-9(12)10(14)17-7-3-4-8-18-13(15)16;10-5-2-1-4-8(11)9(13)16-6-3-7-17-12(14)15/h10-11H,1-9,13-14H2;11H,1-10,13-14H2;9H,1-8,11-12H2;9H,1-8,11-12H2;8H,1-7,10-11H2. The molecule has 0 aromatic heterocycles. The predicted octanol–water partition coefficient (Wildman–Crippen LogP) is -0.535. The first-order chi connectivity index (χ1) is 46.7. The van der Waals surface area contributed by atoms with Gasteiger partial charge >= 0.3 is 29.8 Å². The Hall–Kier alpha value is -7.89. The Morgan fingerprint density at radius 1 is 0.265 bits per heavy atom. The molecule has 0 aromatic carbocycles. The van der Waals surface area contributed by atoms with Crippen LogP contribution in [0.2, 0.25) is 0 Å². The van der Waals surface area contributed by atoms with Gasteiger partial charge in [-0.25, -0.2) is 0 Å². The maximum Gasteiger partial charge on any atom is 0.322 e. The second-order valence-electron chi connectivity index (χ2n) is 20.6. The van der Waals surface area contributed by atoms with Gasteiger partial charge in [0, 0.05) is 6.42 Å². The molecule has 98 heavy (non-hydrogen) atoms. The second kappa shape index (κ2) is 73.4. The fraction of sp³-hybridized carbons (Fsp3) is 0.906. The van der Waals surface area contributed by atoms with Crippen LogP contribution in [0.5, 0.6) is 0 Å². The lowest BCUT2D eigenvalue weighted by Gasteiger charge is -2.14. The zero-order valence-electron chi connectivity index (χ0n) is 56.0. The first-order valence-electron chi connectivity index (χ1n) is 32.0. The van der Waals surface area contributed by atoms with Gasteiger partial charge < -0.3 is 115 Å². The fourth-order valence-electron chi connectivity index (χ4n) is 6.98. The zero-order valence-corrected chi connectivity index (χ0v) is 56.0. The van der Waals surface area contributed by atoms with Crippen LogP contribution in [0.25, 0.3) is 0 Å². The molecule has 0 heterocycles. The Kier molecular flexibility index (Phi) is 73.9. The summed E-state index contributed by atoms with van der Waals surface area (Å²) in [4.78, 5) is 141. The zero-order chi connectivity index (χ0) is 75.0. The fourth-order valence-corrected chi connectivity index (χ4v) is 6.98. The van der Waals surface area contributed by atoms with Crippen LogP contribution >= 0.6 is 0 Å². The Labute approximate surface area is 567 Å². The molecule has 0 rings (SSSR count). The van der Waals surface area contributed by atoms with Crippen molar-refractivity contribution < 1.29 is 112 Å². The third-order valence-corrected chi connectivity index (χ3v) is 12.2. The van der Waals surface area contributed by atoms with E-state index in [9.17, 15) is 84.7 Å². The summed E-state index contributed by atoms with van der Waals surface area (Å²) >= 11 is 0. The number of esters is 5. The number of nitrogens with zero attached hydrogens (tertiary/aromatic N) is 6. The van der Waals surface area contributed by atoms with Crippen LogP contribution in [0, 0.1) is 60.7 Å². The Bertz CT molecular complexity index is 2060. The van der Waals surface area contributed by atoms with Gasteiger partial charge in [0.1, 0.15) is 56.1 Å². The second-order valence-corrected chi connectivity index (χ2v) is 20.6. The summed E-state index contributed by atoms with van der Waals surface area (Å²) in [6.45, 7) is 3.14. The van der Waals surface area contributed by atoms with Gasteiger partial charge in [-0.3, -0.25) is 24.0 Å². The van der Waals surface area contributed by atoms with Crippen LogP contribution in [0.1, 0.15) is 161 Å². The molecule has 0 aliphatic rings. The lowest BCUT2D eigenvalue weighted by Crippen LogP contribution is -2.33. The monoisotopic (exact) mass is 1430 g/mol. The summed E-state index contributed by atoms with van der Waals surface area (Å²) in [6, 6.07) is -3.19. The van der Waals surface area contributed by atoms with Gasteiger partial charge in [0.25, 0.3) is 30.5 Å². The first-order valence-corrected chi connectivity index (χ1v) is 32.0. The van der Waals surface area contributed by atoms with E-state index >= 15 is 0 Å². The van der Waals surface area contributed by atoms with E-state index in [1.165, 1.54) is 0 Å². The molecule has 6 unspecified atom stereocenters. The number of carbonyl (C=O) groups excluding carboxylic acids is 5. The van der Waals surface area contributed by atoms with Crippen LogP contribution in [-0.4, -0.2) is 209 Å². The van der Waals surface area contributed by atoms with Gasteiger partial charge in [0.2, 0.25) is 0 Å². The topological polar surface area (TPSA) is 715 Å². The van der Waals surface area contributed by atoms with Crippen LogP contribution in [0.3, 0.4) is 0 Å². The van der Waals surface area contributed by atoms with Crippen molar-refractivity contribution in [3.8, 4) is 0 Å². The van der Waals surface area contributed by atoms with E-state index in [-0.39, 0.29) is 84.9 Å². The average molecular weight is 1440 g/mol. The van der Waals surface area contributed by atoms with Crippen molar-refractivity contribution in [2.45, 2.75) is 197 Å². The van der Waals surface area contributed by atoms with Gasteiger partial charge in [-0.2, -0.15) is 0 Å². The molecule has 0 radical (unpaired) electrons. The number of carbonyl (C=O) groups is 5. The van der Waals surface area contributed by atoms with E-state index < -0.39 is 97.3 Å². The Balaban J connectivity index is -0.000000370. The number of hydrogen-bond acceptors (Lipinski definition) is 39. The summed E-state index contributed by atoms with van der Waals surface area (Å²) in [6.07, 6.45) is 14.8. The summed E-state index contributed by atoms with van der Waals surface area (Å²) in [5, 5.41) is 54.1. The van der Waals surface area contributed by atoms with Gasteiger partial charge in [0.05, 0.1) is 59.5 Å². The van der Waals surface area contributed by atoms with E-state index in [1.54, 1.807) is 0 Å².